The minimum Gasteiger partial charge on any atom is -0.465 e. The Morgan fingerprint density at radius 1 is 1.21 bits per heavy atom. The second kappa shape index (κ2) is 9.05. The summed E-state index contributed by atoms with van der Waals surface area (Å²) < 4.78 is 10.5. The van der Waals surface area contributed by atoms with Gasteiger partial charge in [0, 0.05) is 12.1 Å². The molecular formula is C17H23NO5S. The molecule has 0 bridgehead atoms. The molecule has 1 aromatic rings. The molecule has 132 valence electrons. The number of thioether (sulfide) groups is 1. The third kappa shape index (κ3) is 4.96. The van der Waals surface area contributed by atoms with Gasteiger partial charge in [-0.05, 0) is 48.6 Å². The quantitative estimate of drug-likeness (QED) is 0.722. The Hall–Kier alpha value is -1.57. The first-order chi connectivity index (χ1) is 11.6. The highest BCUT2D eigenvalue weighted by atomic mass is 32.2. The van der Waals surface area contributed by atoms with E-state index in [2.05, 4.69) is 10.1 Å². The lowest BCUT2D eigenvalue weighted by Gasteiger charge is -2.37. The van der Waals surface area contributed by atoms with E-state index in [-0.39, 0.29) is 19.1 Å². The number of methoxy groups -OCH3 is 1. The zero-order chi connectivity index (χ0) is 17.4. The first-order valence-corrected chi connectivity index (χ1v) is 9.05. The van der Waals surface area contributed by atoms with Crippen molar-refractivity contribution in [2.45, 2.75) is 18.4 Å². The van der Waals surface area contributed by atoms with E-state index in [1.807, 2.05) is 11.8 Å². The molecule has 1 amide bonds. The van der Waals surface area contributed by atoms with Crippen molar-refractivity contribution in [3.8, 4) is 0 Å². The molecule has 0 spiro atoms. The molecule has 1 saturated heterocycles. The van der Waals surface area contributed by atoms with Crippen LogP contribution >= 0.6 is 11.8 Å². The molecule has 0 aromatic heterocycles. The van der Waals surface area contributed by atoms with Crippen molar-refractivity contribution < 1.29 is 24.2 Å². The van der Waals surface area contributed by atoms with Crippen molar-refractivity contribution >= 4 is 23.6 Å². The molecule has 7 heteroatoms. The Morgan fingerprint density at radius 2 is 1.83 bits per heavy atom. The molecule has 0 unspecified atom stereocenters. The molecule has 0 aliphatic carbocycles. The van der Waals surface area contributed by atoms with Gasteiger partial charge in [0.1, 0.15) is 0 Å². The molecule has 6 nitrogen and oxygen atoms in total. The van der Waals surface area contributed by atoms with E-state index in [4.69, 9.17) is 9.84 Å². The van der Waals surface area contributed by atoms with Crippen LogP contribution in [-0.4, -0.2) is 61.0 Å². The van der Waals surface area contributed by atoms with Crippen LogP contribution in [0.4, 0.5) is 0 Å². The average Bonchev–Trinajstić information content (AvgIpc) is 2.65. The second-order valence-electron chi connectivity index (χ2n) is 5.62. The van der Waals surface area contributed by atoms with Gasteiger partial charge in [-0.1, -0.05) is 0 Å². The van der Waals surface area contributed by atoms with Crippen molar-refractivity contribution in [1.29, 1.82) is 0 Å². The van der Waals surface area contributed by atoms with E-state index in [1.54, 1.807) is 24.3 Å². The minimum absolute atomic E-state index is 0.0299. The summed E-state index contributed by atoms with van der Waals surface area (Å²) in [6.45, 7) is 0.650. The van der Waals surface area contributed by atoms with Gasteiger partial charge in [-0.3, -0.25) is 4.79 Å². The number of aliphatic hydroxyl groups excluding tert-OH is 1. The number of hydrogen-bond donors (Lipinski definition) is 2. The van der Waals surface area contributed by atoms with Gasteiger partial charge >= 0.3 is 5.97 Å². The number of aliphatic hydroxyl groups is 1. The van der Waals surface area contributed by atoms with Crippen molar-refractivity contribution in [3.05, 3.63) is 35.4 Å². The Morgan fingerprint density at radius 3 is 2.42 bits per heavy atom. The molecule has 1 fully saturated rings. The number of amides is 1. The Kier molecular flexibility index (Phi) is 7.08. The van der Waals surface area contributed by atoms with Crippen LogP contribution in [0.25, 0.3) is 0 Å². The Bertz CT molecular complexity index is 555. The number of rotatable bonds is 7. The highest BCUT2D eigenvalue weighted by Gasteiger charge is 2.33. The summed E-state index contributed by atoms with van der Waals surface area (Å²) in [5.74, 6) is 1.32. The fourth-order valence-electron chi connectivity index (χ4n) is 2.60. The molecule has 0 saturated carbocycles. The van der Waals surface area contributed by atoms with Crippen molar-refractivity contribution in [1.82, 2.24) is 5.32 Å². The maximum absolute atomic E-state index is 12.3. The van der Waals surface area contributed by atoms with Crippen LogP contribution in [0.1, 0.15) is 33.6 Å². The Labute approximate surface area is 145 Å². The summed E-state index contributed by atoms with van der Waals surface area (Å²) in [7, 11) is 1.32. The van der Waals surface area contributed by atoms with Gasteiger partial charge in [0.15, 0.2) is 0 Å². The standard InChI is InChI=1S/C17H23NO5S/c1-22-16(21)14-4-2-13(3-5-14)15(20)18-12-17(23-9-8-19)6-10-24-11-7-17/h2-5,19H,6-12H2,1H3,(H,18,20). The van der Waals surface area contributed by atoms with Gasteiger partial charge in [-0.15, -0.1) is 0 Å². The van der Waals surface area contributed by atoms with Crippen molar-refractivity contribution in [2.75, 3.05) is 38.4 Å². The summed E-state index contributed by atoms with van der Waals surface area (Å²) in [5, 5.41) is 11.9. The predicted octanol–water partition coefficient (Wildman–Crippen LogP) is 1.48. The molecule has 24 heavy (non-hydrogen) atoms. The molecule has 0 radical (unpaired) electrons. The second-order valence-corrected chi connectivity index (χ2v) is 6.84. The summed E-state index contributed by atoms with van der Waals surface area (Å²) >= 11 is 1.87. The fraction of sp³-hybridized carbons (Fsp3) is 0.529. The highest BCUT2D eigenvalue weighted by molar-refractivity contribution is 7.99. The average molecular weight is 353 g/mol. The molecule has 1 aromatic carbocycles. The molecular weight excluding hydrogens is 330 g/mol. The molecule has 2 rings (SSSR count). The van der Waals surface area contributed by atoms with Gasteiger partial charge < -0.3 is 19.9 Å². The lowest BCUT2D eigenvalue weighted by atomic mass is 9.96. The van der Waals surface area contributed by atoms with Crippen LogP contribution in [0.5, 0.6) is 0 Å². The van der Waals surface area contributed by atoms with E-state index in [1.165, 1.54) is 7.11 Å². The molecule has 1 aliphatic heterocycles. The Balaban J connectivity index is 1.96. The monoisotopic (exact) mass is 353 g/mol. The van der Waals surface area contributed by atoms with Crippen LogP contribution in [0.2, 0.25) is 0 Å². The van der Waals surface area contributed by atoms with E-state index in [0.717, 1.165) is 24.3 Å². The van der Waals surface area contributed by atoms with Crippen LogP contribution in [0, 0.1) is 0 Å². The number of carbonyl (C=O) groups excluding carboxylic acids is 2. The summed E-state index contributed by atoms with van der Waals surface area (Å²) in [6, 6.07) is 6.32. The highest BCUT2D eigenvalue weighted by Crippen LogP contribution is 2.30. The number of carbonyl (C=O) groups is 2. The number of benzene rings is 1. The topological polar surface area (TPSA) is 84.9 Å². The maximum atomic E-state index is 12.3. The lowest BCUT2D eigenvalue weighted by molar-refractivity contribution is -0.0608. The maximum Gasteiger partial charge on any atom is 0.337 e. The third-order valence-electron chi connectivity index (χ3n) is 4.04. The zero-order valence-electron chi connectivity index (χ0n) is 13.7. The smallest absolute Gasteiger partial charge is 0.337 e. The molecule has 1 heterocycles. The van der Waals surface area contributed by atoms with E-state index in [0.29, 0.717) is 17.7 Å². The molecule has 2 N–H and O–H groups in total. The van der Waals surface area contributed by atoms with Gasteiger partial charge in [-0.2, -0.15) is 11.8 Å². The molecule has 1 aliphatic rings. The van der Waals surface area contributed by atoms with E-state index >= 15 is 0 Å². The molecule has 0 atom stereocenters. The minimum atomic E-state index is -0.432. The summed E-state index contributed by atoms with van der Waals surface area (Å²) in [6.07, 6.45) is 1.69. The first kappa shape index (κ1) is 18.8. The summed E-state index contributed by atoms with van der Waals surface area (Å²) in [5.41, 5.74) is 0.474. The number of esters is 1. The number of nitrogens with one attached hydrogen (secondary N) is 1. The normalized spacial score (nSPS) is 16.4. The SMILES string of the molecule is COC(=O)c1ccc(C(=O)NCC2(OCCO)CCSCC2)cc1. The zero-order valence-corrected chi connectivity index (χ0v) is 14.6. The first-order valence-electron chi connectivity index (χ1n) is 7.89. The fourth-order valence-corrected chi connectivity index (χ4v) is 3.83. The number of ether oxygens (including phenoxy) is 2. The van der Waals surface area contributed by atoms with Gasteiger partial charge in [0.2, 0.25) is 0 Å². The van der Waals surface area contributed by atoms with Crippen molar-refractivity contribution in [3.63, 3.8) is 0 Å². The largest absolute Gasteiger partial charge is 0.465 e. The van der Waals surface area contributed by atoms with Crippen LogP contribution in [0.3, 0.4) is 0 Å². The van der Waals surface area contributed by atoms with Crippen LogP contribution in [0.15, 0.2) is 24.3 Å². The number of hydrogen-bond acceptors (Lipinski definition) is 6. The lowest BCUT2D eigenvalue weighted by Crippen LogP contribution is -2.48. The predicted molar refractivity (Wildman–Crippen MR) is 92.4 cm³/mol. The van der Waals surface area contributed by atoms with E-state index in [9.17, 15) is 9.59 Å². The van der Waals surface area contributed by atoms with Gasteiger partial charge in [-0.25, -0.2) is 4.79 Å². The van der Waals surface area contributed by atoms with Gasteiger partial charge in [0.05, 0.1) is 31.5 Å². The van der Waals surface area contributed by atoms with Crippen LogP contribution < -0.4 is 5.32 Å². The third-order valence-corrected chi connectivity index (χ3v) is 5.03. The summed E-state index contributed by atoms with van der Waals surface area (Å²) in [4.78, 5) is 23.7. The van der Waals surface area contributed by atoms with Gasteiger partial charge in [0.25, 0.3) is 5.91 Å². The van der Waals surface area contributed by atoms with Crippen LogP contribution in [-0.2, 0) is 9.47 Å². The van der Waals surface area contributed by atoms with Crippen molar-refractivity contribution in [2.24, 2.45) is 0 Å². The van der Waals surface area contributed by atoms with E-state index < -0.39 is 11.6 Å².